The Labute approximate surface area is 241 Å². The lowest BCUT2D eigenvalue weighted by atomic mass is 9.83. The molecule has 0 saturated heterocycles. The molecule has 0 aliphatic rings. The molecule has 3 aromatic rings. The lowest BCUT2D eigenvalue weighted by Gasteiger charge is -2.34. The van der Waals surface area contributed by atoms with Gasteiger partial charge in [-0.15, -0.1) is 0 Å². The minimum absolute atomic E-state index is 0.0486. The number of aliphatic hydroxyl groups is 1. The van der Waals surface area contributed by atoms with Crippen molar-refractivity contribution >= 4 is 28.5 Å². The number of nitrogens with zero attached hydrogens (tertiary/aromatic N) is 2. The van der Waals surface area contributed by atoms with Gasteiger partial charge in [0, 0.05) is 44.2 Å². The van der Waals surface area contributed by atoms with Crippen molar-refractivity contribution in [3.63, 3.8) is 0 Å². The third-order valence-corrected chi connectivity index (χ3v) is 6.87. The van der Waals surface area contributed by atoms with Gasteiger partial charge >= 0.3 is 6.18 Å². The summed E-state index contributed by atoms with van der Waals surface area (Å²) in [5, 5.41) is 14.7. The van der Waals surface area contributed by atoms with Crippen molar-refractivity contribution in [3.05, 3.63) is 77.5 Å². The number of nitrogens with two attached hydrogens (primary N) is 3. The van der Waals surface area contributed by atoms with Gasteiger partial charge in [0.2, 0.25) is 11.8 Å². The molecular formula is C29H35F3N6O4. The first-order chi connectivity index (χ1) is 19.8. The fourth-order valence-electron chi connectivity index (χ4n) is 4.55. The molecule has 226 valence electrons. The Kier molecular flexibility index (Phi) is 10.7. The Balaban J connectivity index is 1.89. The number of amides is 2. The number of rotatable bonds is 13. The molecule has 13 heteroatoms. The van der Waals surface area contributed by atoms with Crippen LogP contribution in [0.1, 0.15) is 30.0 Å². The lowest BCUT2D eigenvalue weighted by molar-refractivity contribution is -0.138. The van der Waals surface area contributed by atoms with Crippen LogP contribution in [0.5, 0.6) is 0 Å². The molecule has 3 atom stereocenters. The number of alkyl halides is 3. The van der Waals surface area contributed by atoms with Gasteiger partial charge in [-0.3, -0.25) is 19.4 Å². The van der Waals surface area contributed by atoms with Crippen LogP contribution in [0.15, 0.2) is 60.8 Å². The molecule has 0 fully saturated rings. The molecule has 3 rings (SSSR count). The zero-order valence-electron chi connectivity index (χ0n) is 23.1. The average molecular weight is 589 g/mol. The molecule has 10 nitrogen and oxygen atoms in total. The molecule has 0 spiro atoms. The summed E-state index contributed by atoms with van der Waals surface area (Å²) in [6, 6.07) is 9.53. The van der Waals surface area contributed by atoms with Crippen molar-refractivity contribution in [2.75, 3.05) is 26.2 Å². The monoisotopic (exact) mass is 588 g/mol. The number of fused-ring (bicyclic) bond motifs is 1. The van der Waals surface area contributed by atoms with Crippen LogP contribution in [-0.4, -0.2) is 70.9 Å². The van der Waals surface area contributed by atoms with Crippen LogP contribution >= 0.6 is 0 Å². The molecule has 8 N–H and O–H groups in total. The van der Waals surface area contributed by atoms with E-state index in [9.17, 15) is 32.7 Å². The number of halogens is 3. The van der Waals surface area contributed by atoms with E-state index in [4.69, 9.17) is 17.2 Å². The minimum Gasteiger partial charge on any atom is -0.383 e. The van der Waals surface area contributed by atoms with E-state index in [1.165, 1.54) is 18.0 Å². The summed E-state index contributed by atoms with van der Waals surface area (Å²) in [5.74, 6) is -2.05. The van der Waals surface area contributed by atoms with Crippen LogP contribution in [0, 0.1) is 0 Å². The number of ketones is 1. The standard InChI is InChI=1S/C29H35F3N6O4/c1-28(42,20-6-8-21(9-7-20)29(30,31)32)26(24(39)15-18-14-19-4-2-3-5-23(19)36-17-18)37-27(41)22(35)16-25(40)38(12-10-33)13-11-34/h2-9,14,17,22,26,42H,10-13,15-16,33-35H2,1H3,(H,37,41)/t22-,26+,28?/m0/s1. The Morgan fingerprint density at radius 2 is 1.60 bits per heavy atom. The van der Waals surface area contributed by atoms with Gasteiger partial charge in [0.1, 0.15) is 11.6 Å². The van der Waals surface area contributed by atoms with Gasteiger partial charge in [0.15, 0.2) is 5.78 Å². The van der Waals surface area contributed by atoms with Crippen LogP contribution in [0.2, 0.25) is 0 Å². The van der Waals surface area contributed by atoms with Crippen molar-refractivity contribution in [3.8, 4) is 0 Å². The van der Waals surface area contributed by atoms with Crippen molar-refractivity contribution < 1.29 is 32.7 Å². The van der Waals surface area contributed by atoms with Crippen LogP contribution < -0.4 is 22.5 Å². The number of pyridine rings is 1. The molecule has 0 saturated carbocycles. The lowest BCUT2D eigenvalue weighted by Crippen LogP contribution is -2.58. The van der Waals surface area contributed by atoms with E-state index in [-0.39, 0.29) is 38.2 Å². The van der Waals surface area contributed by atoms with E-state index >= 15 is 0 Å². The summed E-state index contributed by atoms with van der Waals surface area (Å²) in [6.07, 6.45) is -3.82. The summed E-state index contributed by atoms with van der Waals surface area (Å²) in [4.78, 5) is 45.1. The minimum atomic E-state index is -4.61. The Bertz CT molecular complexity index is 1390. The molecule has 0 aliphatic heterocycles. The SMILES string of the molecule is CC(O)(c1ccc(C(F)(F)F)cc1)[C@H](NC(=O)[C@@H](N)CC(=O)N(CCN)CCN)C(=O)Cc1cnc2ccccc2c1. The number of para-hydroxylation sites is 1. The molecule has 2 aromatic carbocycles. The second-order valence-electron chi connectivity index (χ2n) is 10.1. The Morgan fingerprint density at radius 3 is 2.19 bits per heavy atom. The maximum Gasteiger partial charge on any atom is 0.416 e. The number of carbonyl (C=O) groups excluding carboxylic acids is 3. The summed E-state index contributed by atoms with van der Waals surface area (Å²) in [5.41, 5.74) is 15.1. The number of hydrogen-bond donors (Lipinski definition) is 5. The van der Waals surface area contributed by atoms with E-state index in [1.807, 2.05) is 12.1 Å². The number of carbonyl (C=O) groups is 3. The second-order valence-corrected chi connectivity index (χ2v) is 10.1. The number of benzene rings is 2. The highest BCUT2D eigenvalue weighted by molar-refractivity contribution is 5.95. The number of Topliss-reactive ketones (excluding diaryl/α,β-unsaturated/α-hetero) is 1. The van der Waals surface area contributed by atoms with E-state index in [2.05, 4.69) is 10.3 Å². The third kappa shape index (κ3) is 8.10. The summed E-state index contributed by atoms with van der Waals surface area (Å²) < 4.78 is 39.4. The highest BCUT2D eigenvalue weighted by Crippen LogP contribution is 2.32. The van der Waals surface area contributed by atoms with E-state index < -0.39 is 53.4 Å². The first kappa shape index (κ1) is 32.6. The van der Waals surface area contributed by atoms with Gasteiger partial charge < -0.3 is 32.5 Å². The quantitative estimate of drug-likeness (QED) is 0.198. The predicted molar refractivity (Wildman–Crippen MR) is 151 cm³/mol. The van der Waals surface area contributed by atoms with Crippen molar-refractivity contribution in [2.45, 2.75) is 43.6 Å². The van der Waals surface area contributed by atoms with Gasteiger partial charge in [0.25, 0.3) is 0 Å². The van der Waals surface area contributed by atoms with Gasteiger partial charge in [-0.25, -0.2) is 0 Å². The smallest absolute Gasteiger partial charge is 0.383 e. The van der Waals surface area contributed by atoms with Gasteiger partial charge in [0.05, 0.1) is 23.5 Å². The fraction of sp³-hybridized carbons (Fsp3) is 0.379. The van der Waals surface area contributed by atoms with Gasteiger partial charge in [-0.2, -0.15) is 13.2 Å². The summed E-state index contributed by atoms with van der Waals surface area (Å²) >= 11 is 0. The number of aromatic nitrogens is 1. The zero-order valence-corrected chi connectivity index (χ0v) is 23.1. The van der Waals surface area contributed by atoms with E-state index in [0.717, 1.165) is 29.7 Å². The zero-order chi connectivity index (χ0) is 31.1. The summed E-state index contributed by atoms with van der Waals surface area (Å²) in [6.45, 7) is 1.95. The maximum absolute atomic E-state index is 13.6. The number of nitrogens with one attached hydrogen (secondary N) is 1. The van der Waals surface area contributed by atoms with Crippen molar-refractivity contribution in [1.82, 2.24) is 15.2 Å². The van der Waals surface area contributed by atoms with Crippen LogP contribution in [0.25, 0.3) is 10.9 Å². The van der Waals surface area contributed by atoms with E-state index in [0.29, 0.717) is 11.1 Å². The Morgan fingerprint density at radius 1 is 1.00 bits per heavy atom. The average Bonchev–Trinajstić information content (AvgIpc) is 2.94. The normalized spacial score (nSPS) is 14.6. The third-order valence-electron chi connectivity index (χ3n) is 6.87. The molecule has 1 aromatic heterocycles. The van der Waals surface area contributed by atoms with Crippen molar-refractivity contribution in [1.29, 1.82) is 0 Å². The van der Waals surface area contributed by atoms with Crippen LogP contribution in [0.3, 0.4) is 0 Å². The first-order valence-electron chi connectivity index (χ1n) is 13.3. The van der Waals surface area contributed by atoms with Crippen molar-refractivity contribution in [2.24, 2.45) is 17.2 Å². The highest BCUT2D eigenvalue weighted by atomic mass is 19.4. The van der Waals surface area contributed by atoms with Gasteiger partial charge in [-0.1, -0.05) is 30.3 Å². The molecule has 0 bridgehead atoms. The van der Waals surface area contributed by atoms with Crippen LogP contribution in [-0.2, 0) is 32.6 Å². The molecule has 0 aliphatic carbocycles. The maximum atomic E-state index is 13.6. The molecule has 0 radical (unpaired) electrons. The first-order valence-corrected chi connectivity index (χ1v) is 13.3. The van der Waals surface area contributed by atoms with Gasteiger partial charge in [-0.05, 0) is 42.3 Å². The number of hydrogen-bond acceptors (Lipinski definition) is 8. The molecule has 1 unspecified atom stereocenters. The topological polar surface area (TPSA) is 178 Å². The fourth-order valence-corrected chi connectivity index (χ4v) is 4.55. The van der Waals surface area contributed by atoms with Crippen LogP contribution in [0.4, 0.5) is 13.2 Å². The molecule has 1 heterocycles. The molecular weight excluding hydrogens is 553 g/mol. The predicted octanol–water partition coefficient (Wildman–Crippen LogP) is 1.22. The second kappa shape index (κ2) is 13.8. The Hall–Kier alpha value is -3.91. The highest BCUT2D eigenvalue weighted by Gasteiger charge is 2.41. The molecule has 42 heavy (non-hydrogen) atoms. The molecule has 2 amide bonds. The summed E-state index contributed by atoms with van der Waals surface area (Å²) in [7, 11) is 0. The van der Waals surface area contributed by atoms with E-state index in [1.54, 1.807) is 18.2 Å². The largest absolute Gasteiger partial charge is 0.416 e.